The standard InChI is InChI=1S/C21H21N3O3/c1-4-24-11-17-18(21(24)25)19(22)16-7-5-6-15(20(16)23-17)12-8-13(26-2)10-14(9-12)27-3/h5-10H,4,11H2,1-3H3,(H2,22,23). The van der Waals surface area contributed by atoms with Crippen molar-refractivity contribution in [3.63, 3.8) is 0 Å². The molecule has 0 aliphatic carbocycles. The van der Waals surface area contributed by atoms with Crippen LogP contribution >= 0.6 is 0 Å². The molecule has 1 aromatic heterocycles. The van der Waals surface area contributed by atoms with Crippen molar-refractivity contribution in [2.45, 2.75) is 13.5 Å². The quantitative estimate of drug-likeness (QED) is 0.768. The number of hydrogen-bond donors (Lipinski definition) is 1. The summed E-state index contributed by atoms with van der Waals surface area (Å²) in [5.41, 5.74) is 10.8. The molecule has 0 saturated heterocycles. The van der Waals surface area contributed by atoms with Crippen LogP contribution in [0.4, 0.5) is 5.69 Å². The molecule has 2 aromatic carbocycles. The predicted molar refractivity (Wildman–Crippen MR) is 105 cm³/mol. The average molecular weight is 363 g/mol. The summed E-state index contributed by atoms with van der Waals surface area (Å²) in [4.78, 5) is 19.2. The fourth-order valence-corrected chi connectivity index (χ4v) is 3.58. The third kappa shape index (κ3) is 2.65. The second-order valence-corrected chi connectivity index (χ2v) is 6.47. The number of aromatic nitrogens is 1. The van der Waals surface area contributed by atoms with E-state index in [0.717, 1.165) is 27.7 Å². The fraction of sp³-hybridized carbons (Fsp3) is 0.238. The number of carbonyl (C=O) groups is 1. The van der Waals surface area contributed by atoms with Gasteiger partial charge in [-0.15, -0.1) is 0 Å². The number of carbonyl (C=O) groups excluding carboxylic acids is 1. The summed E-state index contributed by atoms with van der Waals surface area (Å²) in [5, 5.41) is 0.777. The highest BCUT2D eigenvalue weighted by atomic mass is 16.5. The Balaban J connectivity index is 1.97. The molecular formula is C21H21N3O3. The largest absolute Gasteiger partial charge is 0.497 e. The fourth-order valence-electron chi connectivity index (χ4n) is 3.58. The maximum absolute atomic E-state index is 12.6. The molecule has 1 amide bonds. The number of nitrogens with zero attached hydrogens (tertiary/aromatic N) is 2. The first-order chi connectivity index (χ1) is 13.1. The Hall–Kier alpha value is -3.28. The first kappa shape index (κ1) is 17.1. The van der Waals surface area contributed by atoms with Crippen LogP contribution in [0.2, 0.25) is 0 Å². The molecular weight excluding hydrogens is 342 g/mol. The van der Waals surface area contributed by atoms with Crippen LogP contribution in [-0.4, -0.2) is 36.6 Å². The van der Waals surface area contributed by atoms with E-state index in [9.17, 15) is 4.79 Å². The number of amides is 1. The number of hydrogen-bond acceptors (Lipinski definition) is 5. The molecule has 0 spiro atoms. The van der Waals surface area contributed by atoms with E-state index in [1.54, 1.807) is 19.1 Å². The van der Waals surface area contributed by atoms with Crippen LogP contribution in [0.1, 0.15) is 23.0 Å². The van der Waals surface area contributed by atoms with Gasteiger partial charge in [0, 0.05) is 23.6 Å². The Kier molecular flexibility index (Phi) is 4.11. The van der Waals surface area contributed by atoms with Crippen molar-refractivity contribution in [2.75, 3.05) is 26.5 Å². The molecule has 0 bridgehead atoms. The highest BCUT2D eigenvalue weighted by Crippen LogP contribution is 2.38. The highest BCUT2D eigenvalue weighted by molar-refractivity contribution is 6.11. The summed E-state index contributed by atoms with van der Waals surface area (Å²) in [6, 6.07) is 11.5. The van der Waals surface area contributed by atoms with E-state index < -0.39 is 0 Å². The minimum absolute atomic E-state index is 0.0483. The monoisotopic (exact) mass is 363 g/mol. The number of para-hydroxylation sites is 1. The van der Waals surface area contributed by atoms with Gasteiger partial charge in [-0.05, 0) is 24.6 Å². The Bertz CT molecular complexity index is 1040. The zero-order valence-corrected chi connectivity index (χ0v) is 15.6. The Morgan fingerprint density at radius 2 is 1.85 bits per heavy atom. The van der Waals surface area contributed by atoms with Gasteiger partial charge >= 0.3 is 0 Å². The summed E-state index contributed by atoms with van der Waals surface area (Å²) in [7, 11) is 3.24. The molecule has 0 saturated carbocycles. The van der Waals surface area contributed by atoms with Crippen LogP contribution in [0, 0.1) is 0 Å². The molecule has 1 aliphatic heterocycles. The molecule has 4 rings (SSSR count). The van der Waals surface area contributed by atoms with Crippen molar-refractivity contribution < 1.29 is 14.3 Å². The summed E-state index contributed by atoms with van der Waals surface area (Å²) in [5.74, 6) is 1.35. The zero-order chi connectivity index (χ0) is 19.1. The maximum Gasteiger partial charge on any atom is 0.258 e. The molecule has 138 valence electrons. The van der Waals surface area contributed by atoms with Crippen molar-refractivity contribution in [3.05, 3.63) is 47.7 Å². The molecule has 6 nitrogen and oxygen atoms in total. The lowest BCUT2D eigenvalue weighted by atomic mass is 9.98. The van der Waals surface area contributed by atoms with Crippen LogP contribution in [-0.2, 0) is 6.54 Å². The number of pyridine rings is 1. The summed E-state index contributed by atoms with van der Waals surface area (Å²) in [6.07, 6.45) is 0. The van der Waals surface area contributed by atoms with E-state index in [4.69, 9.17) is 20.2 Å². The first-order valence-electron chi connectivity index (χ1n) is 8.81. The lowest BCUT2D eigenvalue weighted by molar-refractivity contribution is 0.0787. The van der Waals surface area contributed by atoms with E-state index >= 15 is 0 Å². The Morgan fingerprint density at radius 3 is 2.48 bits per heavy atom. The van der Waals surface area contributed by atoms with Gasteiger partial charge in [0.2, 0.25) is 0 Å². The van der Waals surface area contributed by atoms with Gasteiger partial charge in [-0.3, -0.25) is 4.79 Å². The third-order valence-electron chi connectivity index (χ3n) is 5.02. The number of benzene rings is 2. The normalized spacial score (nSPS) is 13.1. The van der Waals surface area contributed by atoms with Gasteiger partial charge in [-0.1, -0.05) is 18.2 Å². The van der Waals surface area contributed by atoms with Gasteiger partial charge in [0.25, 0.3) is 5.91 Å². The molecule has 0 radical (unpaired) electrons. The SMILES string of the molecule is CCN1Cc2nc3c(-c4cc(OC)cc(OC)c4)cccc3c(N)c2C1=O. The highest BCUT2D eigenvalue weighted by Gasteiger charge is 2.31. The van der Waals surface area contributed by atoms with Crippen LogP contribution in [0.5, 0.6) is 11.5 Å². The van der Waals surface area contributed by atoms with E-state index in [-0.39, 0.29) is 5.91 Å². The molecule has 6 heteroatoms. The molecule has 1 aliphatic rings. The van der Waals surface area contributed by atoms with Gasteiger partial charge in [0.15, 0.2) is 0 Å². The number of fused-ring (bicyclic) bond motifs is 2. The molecule has 0 fully saturated rings. The topological polar surface area (TPSA) is 77.7 Å². The third-order valence-corrected chi connectivity index (χ3v) is 5.02. The molecule has 2 N–H and O–H groups in total. The van der Waals surface area contributed by atoms with Gasteiger partial charge in [-0.2, -0.15) is 0 Å². The minimum Gasteiger partial charge on any atom is -0.497 e. The number of rotatable bonds is 4. The smallest absolute Gasteiger partial charge is 0.258 e. The number of methoxy groups -OCH3 is 2. The average Bonchev–Trinajstić information content (AvgIpc) is 3.03. The van der Waals surface area contributed by atoms with Crippen LogP contribution < -0.4 is 15.2 Å². The van der Waals surface area contributed by atoms with Gasteiger partial charge in [-0.25, -0.2) is 4.98 Å². The van der Waals surface area contributed by atoms with Crippen LogP contribution in [0.3, 0.4) is 0 Å². The lowest BCUT2D eigenvalue weighted by Crippen LogP contribution is -2.23. The molecule has 3 aromatic rings. The Morgan fingerprint density at radius 1 is 1.15 bits per heavy atom. The predicted octanol–water partition coefficient (Wildman–Crippen LogP) is 3.48. The first-order valence-corrected chi connectivity index (χ1v) is 8.81. The van der Waals surface area contributed by atoms with Crippen LogP contribution in [0.15, 0.2) is 36.4 Å². The maximum atomic E-state index is 12.6. The second kappa shape index (κ2) is 6.46. The lowest BCUT2D eigenvalue weighted by Gasteiger charge is -2.13. The van der Waals surface area contributed by atoms with E-state index in [2.05, 4.69) is 0 Å². The van der Waals surface area contributed by atoms with E-state index in [1.807, 2.05) is 43.3 Å². The number of nitrogens with two attached hydrogens (primary N) is 1. The molecule has 0 atom stereocenters. The second-order valence-electron chi connectivity index (χ2n) is 6.47. The Labute approximate surface area is 157 Å². The van der Waals surface area contributed by atoms with E-state index in [1.165, 1.54) is 0 Å². The zero-order valence-electron chi connectivity index (χ0n) is 15.6. The van der Waals surface area contributed by atoms with Crippen molar-refractivity contribution in [2.24, 2.45) is 0 Å². The van der Waals surface area contributed by atoms with E-state index in [0.29, 0.717) is 35.8 Å². The van der Waals surface area contributed by atoms with Gasteiger partial charge in [0.1, 0.15) is 11.5 Å². The summed E-state index contributed by atoms with van der Waals surface area (Å²) in [6.45, 7) is 3.07. The van der Waals surface area contributed by atoms with Crippen LogP contribution in [0.25, 0.3) is 22.0 Å². The molecule has 27 heavy (non-hydrogen) atoms. The summed E-state index contributed by atoms with van der Waals surface area (Å²) >= 11 is 0. The van der Waals surface area contributed by atoms with Crippen molar-refractivity contribution in [3.8, 4) is 22.6 Å². The molecule has 2 heterocycles. The van der Waals surface area contributed by atoms with Crippen molar-refractivity contribution in [1.29, 1.82) is 0 Å². The summed E-state index contributed by atoms with van der Waals surface area (Å²) < 4.78 is 10.8. The van der Waals surface area contributed by atoms with Crippen molar-refractivity contribution in [1.82, 2.24) is 9.88 Å². The number of anilines is 1. The number of nitrogen functional groups attached to an aromatic ring is 1. The molecule has 0 unspecified atom stereocenters. The van der Waals surface area contributed by atoms with Gasteiger partial charge in [0.05, 0.1) is 43.2 Å². The number of ether oxygens (including phenoxy) is 2. The van der Waals surface area contributed by atoms with Gasteiger partial charge < -0.3 is 20.1 Å². The minimum atomic E-state index is -0.0483. The van der Waals surface area contributed by atoms with Crippen molar-refractivity contribution >= 4 is 22.5 Å².